The number of ether oxygens (including phenoxy) is 3. The van der Waals surface area contributed by atoms with Crippen molar-refractivity contribution in [3.63, 3.8) is 0 Å². The molecular formula is C28H34AsNO6. The van der Waals surface area contributed by atoms with Crippen LogP contribution in [-0.4, -0.2) is 62.6 Å². The van der Waals surface area contributed by atoms with Gasteiger partial charge in [-0.1, -0.05) is 0 Å². The second kappa shape index (κ2) is 11.0. The molecule has 36 heavy (non-hydrogen) atoms. The maximum atomic E-state index is 13.9. The molecule has 1 saturated heterocycles. The number of hydrogen-bond acceptors (Lipinski definition) is 6. The van der Waals surface area contributed by atoms with E-state index in [1.807, 2.05) is 56.0 Å². The molecule has 2 unspecified atom stereocenters. The molecule has 1 aliphatic rings. The summed E-state index contributed by atoms with van der Waals surface area (Å²) in [5.41, 5.74) is 0.854. The zero-order valence-corrected chi connectivity index (χ0v) is 23.5. The van der Waals surface area contributed by atoms with Gasteiger partial charge in [0.15, 0.2) is 0 Å². The normalized spacial score (nSPS) is 16.7. The summed E-state index contributed by atoms with van der Waals surface area (Å²) < 4.78 is 22.7. The van der Waals surface area contributed by atoms with Gasteiger partial charge in [0.2, 0.25) is 0 Å². The molecule has 2 heterocycles. The molecule has 8 heteroatoms. The molecule has 7 nitrogen and oxygen atoms in total. The molecule has 1 aromatic heterocycles. The Morgan fingerprint density at radius 2 is 1.81 bits per heavy atom. The molecule has 4 rings (SSSR count). The van der Waals surface area contributed by atoms with Gasteiger partial charge in [-0.2, -0.15) is 0 Å². The summed E-state index contributed by atoms with van der Waals surface area (Å²) in [6.07, 6.45) is 1.46. The molecule has 1 fully saturated rings. The summed E-state index contributed by atoms with van der Waals surface area (Å²) in [6.45, 7) is 6.26. The second-order valence-corrected chi connectivity index (χ2v) is 14.5. The van der Waals surface area contributed by atoms with Crippen LogP contribution in [0.2, 0.25) is 5.21 Å². The Hall–Kier alpha value is -2.92. The van der Waals surface area contributed by atoms with Crippen molar-refractivity contribution >= 4 is 36.3 Å². The number of para-hydroxylation sites is 1. The summed E-state index contributed by atoms with van der Waals surface area (Å²) in [5, 5.41) is 2.26. The molecule has 0 N–H and O–H groups in total. The zero-order chi connectivity index (χ0) is 25.9. The van der Waals surface area contributed by atoms with Gasteiger partial charge >= 0.3 is 217 Å². The molecule has 0 radical (unpaired) electrons. The van der Waals surface area contributed by atoms with E-state index in [0.29, 0.717) is 34.0 Å². The van der Waals surface area contributed by atoms with Gasteiger partial charge in [-0.25, -0.2) is 0 Å². The Morgan fingerprint density at radius 1 is 1.06 bits per heavy atom. The molecule has 192 valence electrons. The summed E-state index contributed by atoms with van der Waals surface area (Å²) in [5.74, 6) is 1.92. The quantitative estimate of drug-likeness (QED) is 0.325. The SMILES string of the molecule is COc1ccc(C(=O)[As](Cc2cc3ccccc3o2)CC2CCCN2C(=O)OC(C)(C)C)cc1OC. The van der Waals surface area contributed by atoms with Gasteiger partial charge in [-0.3, -0.25) is 0 Å². The number of benzene rings is 2. The van der Waals surface area contributed by atoms with E-state index in [2.05, 4.69) is 0 Å². The minimum atomic E-state index is -2.25. The van der Waals surface area contributed by atoms with Crippen molar-refractivity contribution < 1.29 is 28.2 Å². The summed E-state index contributed by atoms with van der Waals surface area (Å²) >= 11 is -2.25. The molecule has 0 spiro atoms. The van der Waals surface area contributed by atoms with Gasteiger partial charge in [0.1, 0.15) is 0 Å². The average molecular weight is 556 g/mol. The predicted molar refractivity (Wildman–Crippen MR) is 140 cm³/mol. The summed E-state index contributed by atoms with van der Waals surface area (Å²) in [6, 6.07) is 15.2. The summed E-state index contributed by atoms with van der Waals surface area (Å²) in [4.78, 5) is 28.6. The van der Waals surface area contributed by atoms with E-state index in [1.54, 1.807) is 32.4 Å². The fraction of sp³-hybridized carbons (Fsp3) is 0.429. The van der Waals surface area contributed by atoms with Crippen molar-refractivity contribution in [3.8, 4) is 11.5 Å². The standard InChI is InChI=1S/C28H34AsNO6/c1-28(2,3)36-27(32)30-14-8-10-21(30)17-29(18-22-15-19-9-6-7-11-23(19)35-22)26(31)20-12-13-24(33-4)25(16-20)34-5/h6-7,9,11-13,15-16,21H,8,10,14,17-18H2,1-5H3. The Kier molecular flexibility index (Phi) is 7.99. The first-order valence-corrected chi connectivity index (χ1v) is 15.8. The zero-order valence-electron chi connectivity index (χ0n) is 21.6. The van der Waals surface area contributed by atoms with E-state index < -0.39 is 20.3 Å². The van der Waals surface area contributed by atoms with E-state index in [1.165, 1.54) is 0 Å². The molecule has 1 aliphatic heterocycles. The fourth-order valence-corrected chi connectivity index (χ4v) is 9.47. The van der Waals surface area contributed by atoms with Gasteiger partial charge in [-0.05, 0) is 0 Å². The second-order valence-electron chi connectivity index (χ2n) is 9.98. The van der Waals surface area contributed by atoms with Crippen LogP contribution < -0.4 is 9.47 Å². The van der Waals surface area contributed by atoms with Crippen LogP contribution in [0.25, 0.3) is 11.0 Å². The summed E-state index contributed by atoms with van der Waals surface area (Å²) in [7, 11) is 3.14. The topological polar surface area (TPSA) is 78.2 Å². The van der Waals surface area contributed by atoms with Crippen LogP contribution in [0.5, 0.6) is 11.5 Å². The van der Waals surface area contributed by atoms with Gasteiger partial charge < -0.3 is 0 Å². The first-order chi connectivity index (χ1) is 17.2. The number of amides is 1. The number of hydrogen-bond donors (Lipinski definition) is 0. The third-order valence-electron chi connectivity index (χ3n) is 6.18. The van der Waals surface area contributed by atoms with Gasteiger partial charge in [0.25, 0.3) is 0 Å². The van der Waals surface area contributed by atoms with Gasteiger partial charge in [0, 0.05) is 0 Å². The number of carbonyl (C=O) groups excluding carboxylic acids is 2. The molecule has 0 bridgehead atoms. The van der Waals surface area contributed by atoms with Crippen LogP contribution in [0.3, 0.4) is 0 Å². The van der Waals surface area contributed by atoms with Gasteiger partial charge in [-0.15, -0.1) is 0 Å². The first-order valence-electron chi connectivity index (χ1n) is 12.2. The van der Waals surface area contributed by atoms with Crippen molar-refractivity contribution in [1.29, 1.82) is 0 Å². The Balaban J connectivity index is 1.62. The Morgan fingerprint density at radius 3 is 2.50 bits per heavy atom. The van der Waals surface area contributed by atoms with Crippen LogP contribution in [0.1, 0.15) is 49.7 Å². The van der Waals surface area contributed by atoms with Crippen LogP contribution in [0.4, 0.5) is 4.79 Å². The van der Waals surface area contributed by atoms with E-state index in [-0.39, 0.29) is 16.7 Å². The number of rotatable bonds is 8. The van der Waals surface area contributed by atoms with Crippen LogP contribution >= 0.6 is 0 Å². The average Bonchev–Trinajstić information content (AvgIpc) is 3.48. The van der Waals surface area contributed by atoms with Crippen LogP contribution in [0.15, 0.2) is 52.9 Å². The van der Waals surface area contributed by atoms with E-state index in [4.69, 9.17) is 18.6 Å². The van der Waals surface area contributed by atoms with E-state index in [0.717, 1.165) is 29.6 Å². The molecule has 0 saturated carbocycles. The monoisotopic (exact) mass is 555 g/mol. The molecule has 3 aromatic rings. The van der Waals surface area contributed by atoms with Crippen molar-refractivity contribution in [3.05, 3.63) is 59.9 Å². The third-order valence-corrected chi connectivity index (χ3v) is 11.2. The Labute approximate surface area is 216 Å². The number of furan rings is 1. The third kappa shape index (κ3) is 6.07. The van der Waals surface area contributed by atoms with E-state index >= 15 is 0 Å². The number of fused-ring (bicyclic) bond motifs is 1. The molecule has 0 aliphatic carbocycles. The van der Waals surface area contributed by atoms with Crippen LogP contribution in [0, 0.1) is 0 Å². The van der Waals surface area contributed by atoms with Crippen molar-refractivity contribution in [2.24, 2.45) is 0 Å². The van der Waals surface area contributed by atoms with Crippen LogP contribution in [-0.2, 0) is 9.95 Å². The van der Waals surface area contributed by atoms with Crippen molar-refractivity contribution in [2.45, 2.75) is 55.7 Å². The molecule has 2 aromatic carbocycles. The first kappa shape index (κ1) is 26.2. The van der Waals surface area contributed by atoms with E-state index in [9.17, 15) is 9.59 Å². The number of methoxy groups -OCH3 is 2. The Bertz CT molecular complexity index is 1200. The van der Waals surface area contributed by atoms with Gasteiger partial charge in [0.05, 0.1) is 0 Å². The predicted octanol–water partition coefficient (Wildman–Crippen LogP) is 5.85. The molecule has 2 atom stereocenters. The number of nitrogens with zero attached hydrogens (tertiary/aromatic N) is 1. The van der Waals surface area contributed by atoms with Crippen molar-refractivity contribution in [2.75, 3.05) is 20.8 Å². The number of likely N-dealkylation sites (tertiary alicyclic amines) is 1. The molecule has 1 amide bonds. The molecular weight excluding hydrogens is 521 g/mol. The fourth-order valence-electron chi connectivity index (χ4n) is 4.51. The number of carbonyl (C=O) groups is 2. The van der Waals surface area contributed by atoms with Crippen molar-refractivity contribution in [1.82, 2.24) is 4.90 Å². The minimum absolute atomic E-state index is 0.0201. The maximum absolute atomic E-state index is 13.9.